The number of rotatable bonds is 5. The Kier molecular flexibility index (Phi) is 6.27. The van der Waals surface area contributed by atoms with Gasteiger partial charge in [-0.1, -0.05) is 18.2 Å². The number of thioether (sulfide) groups is 1. The van der Waals surface area contributed by atoms with Gasteiger partial charge < -0.3 is 15.3 Å². The van der Waals surface area contributed by atoms with E-state index in [1.165, 1.54) is 0 Å². The molecule has 120 valence electrons. The Morgan fingerprint density at radius 3 is 2.73 bits per heavy atom. The van der Waals surface area contributed by atoms with E-state index in [9.17, 15) is 14.7 Å². The lowest BCUT2D eigenvalue weighted by molar-refractivity contribution is -0.122. The molecule has 1 aliphatic rings. The molecule has 0 unspecified atom stereocenters. The molecule has 0 aromatic heterocycles. The van der Waals surface area contributed by atoms with Gasteiger partial charge in [-0.25, -0.2) is 0 Å². The summed E-state index contributed by atoms with van der Waals surface area (Å²) in [7, 11) is 0. The van der Waals surface area contributed by atoms with Crippen molar-refractivity contribution in [2.75, 3.05) is 25.1 Å². The number of benzene rings is 1. The predicted molar refractivity (Wildman–Crippen MR) is 87.9 cm³/mol. The average molecular weight is 322 g/mol. The van der Waals surface area contributed by atoms with Crippen LogP contribution in [-0.2, 0) is 4.79 Å². The van der Waals surface area contributed by atoms with Gasteiger partial charge in [-0.3, -0.25) is 9.59 Å². The van der Waals surface area contributed by atoms with E-state index in [0.29, 0.717) is 24.9 Å². The predicted octanol–water partition coefficient (Wildman–Crippen LogP) is 1.13. The van der Waals surface area contributed by atoms with Crippen LogP contribution in [0.25, 0.3) is 0 Å². The molecule has 1 saturated heterocycles. The van der Waals surface area contributed by atoms with Crippen molar-refractivity contribution in [2.45, 2.75) is 25.0 Å². The highest BCUT2D eigenvalue weighted by Gasteiger charge is 2.31. The van der Waals surface area contributed by atoms with Gasteiger partial charge in [0, 0.05) is 30.8 Å². The van der Waals surface area contributed by atoms with E-state index in [2.05, 4.69) is 5.32 Å². The molecule has 0 radical (unpaired) electrons. The van der Waals surface area contributed by atoms with Gasteiger partial charge in [0.2, 0.25) is 5.91 Å². The maximum absolute atomic E-state index is 12.3. The summed E-state index contributed by atoms with van der Waals surface area (Å²) in [6, 6.07) is 8.78. The van der Waals surface area contributed by atoms with Crippen LogP contribution in [0.2, 0.25) is 0 Å². The molecular formula is C16H22N2O3S. The van der Waals surface area contributed by atoms with Gasteiger partial charge in [-0.15, -0.1) is 0 Å². The third kappa shape index (κ3) is 4.48. The maximum Gasteiger partial charge on any atom is 0.253 e. The van der Waals surface area contributed by atoms with Gasteiger partial charge in [0.25, 0.3) is 5.91 Å². The second-order valence-corrected chi connectivity index (χ2v) is 6.38. The molecule has 0 spiro atoms. The van der Waals surface area contributed by atoms with E-state index in [-0.39, 0.29) is 24.4 Å². The Bertz CT molecular complexity index is 509. The van der Waals surface area contributed by atoms with E-state index < -0.39 is 6.10 Å². The topological polar surface area (TPSA) is 69.6 Å². The normalized spacial score (nSPS) is 21.5. The molecular weight excluding hydrogens is 300 g/mol. The highest BCUT2D eigenvalue weighted by molar-refractivity contribution is 7.98. The Hall–Kier alpha value is -1.53. The Balaban J connectivity index is 1.87. The molecule has 2 N–H and O–H groups in total. The number of likely N-dealkylation sites (tertiary alicyclic amines) is 1. The van der Waals surface area contributed by atoms with Gasteiger partial charge in [0.05, 0.1) is 12.1 Å². The van der Waals surface area contributed by atoms with Gasteiger partial charge in [-0.05, 0) is 24.8 Å². The van der Waals surface area contributed by atoms with Crippen LogP contribution in [-0.4, -0.2) is 59.1 Å². The van der Waals surface area contributed by atoms with Gasteiger partial charge >= 0.3 is 0 Å². The van der Waals surface area contributed by atoms with E-state index >= 15 is 0 Å². The molecule has 1 aromatic rings. The first-order valence-electron chi connectivity index (χ1n) is 7.42. The molecule has 5 nitrogen and oxygen atoms in total. The molecule has 0 aliphatic carbocycles. The SMILES string of the molecule is CSCCC(=O)N[C@@H]1CCN(C(=O)c2ccccc2)C[C@H]1O. The highest BCUT2D eigenvalue weighted by atomic mass is 32.2. The standard InChI is InChI=1S/C16H22N2O3S/c1-22-10-8-15(20)17-13-7-9-18(11-14(13)19)16(21)12-5-3-2-4-6-12/h2-6,13-14,19H,7-11H2,1H3,(H,17,20)/t13-,14-/m1/s1. The fourth-order valence-electron chi connectivity index (χ4n) is 2.52. The van der Waals surface area contributed by atoms with Crippen molar-refractivity contribution in [3.05, 3.63) is 35.9 Å². The number of β-amino-alcohol motifs (C(OH)–C–C–N with tert-alkyl or cyclic N) is 1. The second kappa shape index (κ2) is 8.19. The molecule has 2 rings (SSSR count). The molecule has 1 fully saturated rings. The summed E-state index contributed by atoms with van der Waals surface area (Å²) in [5.41, 5.74) is 0.622. The number of hydrogen-bond acceptors (Lipinski definition) is 4. The molecule has 22 heavy (non-hydrogen) atoms. The molecule has 1 heterocycles. The van der Waals surface area contributed by atoms with Crippen LogP contribution < -0.4 is 5.32 Å². The summed E-state index contributed by atoms with van der Waals surface area (Å²) in [6.07, 6.45) is 2.26. The van der Waals surface area contributed by atoms with E-state index in [0.717, 1.165) is 5.75 Å². The Labute approximate surface area is 135 Å². The van der Waals surface area contributed by atoms with Crippen molar-refractivity contribution in [3.8, 4) is 0 Å². The molecule has 1 aromatic carbocycles. The quantitative estimate of drug-likeness (QED) is 0.853. The smallest absolute Gasteiger partial charge is 0.253 e. The van der Waals surface area contributed by atoms with E-state index in [1.54, 1.807) is 28.8 Å². The summed E-state index contributed by atoms with van der Waals surface area (Å²) in [5.74, 6) is 0.654. The van der Waals surface area contributed by atoms with Crippen molar-refractivity contribution in [2.24, 2.45) is 0 Å². The maximum atomic E-state index is 12.3. The van der Waals surface area contributed by atoms with Crippen molar-refractivity contribution in [1.29, 1.82) is 0 Å². The van der Waals surface area contributed by atoms with Gasteiger partial charge in [-0.2, -0.15) is 11.8 Å². The summed E-state index contributed by atoms with van der Waals surface area (Å²) in [6.45, 7) is 0.791. The summed E-state index contributed by atoms with van der Waals surface area (Å²) in [5, 5.41) is 13.1. The molecule has 2 amide bonds. The number of piperidine rings is 1. The fraction of sp³-hybridized carbons (Fsp3) is 0.500. The summed E-state index contributed by atoms with van der Waals surface area (Å²) in [4.78, 5) is 25.7. The number of nitrogens with zero attached hydrogens (tertiary/aromatic N) is 1. The van der Waals surface area contributed by atoms with E-state index in [1.807, 2.05) is 24.5 Å². The van der Waals surface area contributed by atoms with Crippen molar-refractivity contribution in [1.82, 2.24) is 10.2 Å². The number of aliphatic hydroxyl groups is 1. The van der Waals surface area contributed by atoms with Crippen LogP contribution in [0.1, 0.15) is 23.2 Å². The number of carbonyl (C=O) groups excluding carboxylic acids is 2. The highest BCUT2D eigenvalue weighted by Crippen LogP contribution is 2.15. The first-order valence-corrected chi connectivity index (χ1v) is 8.82. The Morgan fingerprint density at radius 2 is 2.09 bits per heavy atom. The number of amides is 2. The van der Waals surface area contributed by atoms with Crippen molar-refractivity contribution >= 4 is 23.6 Å². The summed E-state index contributed by atoms with van der Waals surface area (Å²) < 4.78 is 0. The van der Waals surface area contributed by atoms with Crippen LogP contribution in [0.5, 0.6) is 0 Å². The lowest BCUT2D eigenvalue weighted by atomic mass is 10.0. The first-order chi connectivity index (χ1) is 10.6. The number of hydrogen-bond donors (Lipinski definition) is 2. The largest absolute Gasteiger partial charge is 0.389 e. The molecule has 0 bridgehead atoms. The zero-order chi connectivity index (χ0) is 15.9. The first kappa shape index (κ1) is 16.8. The minimum Gasteiger partial charge on any atom is -0.389 e. The third-order valence-corrected chi connectivity index (χ3v) is 4.38. The van der Waals surface area contributed by atoms with Crippen LogP contribution in [0.4, 0.5) is 0 Å². The van der Waals surface area contributed by atoms with Crippen molar-refractivity contribution in [3.63, 3.8) is 0 Å². The minimum absolute atomic E-state index is 0.0405. The van der Waals surface area contributed by atoms with Gasteiger partial charge in [0.1, 0.15) is 0 Å². The second-order valence-electron chi connectivity index (χ2n) is 5.39. The zero-order valence-corrected chi connectivity index (χ0v) is 13.5. The molecule has 1 aliphatic heterocycles. The zero-order valence-electron chi connectivity index (χ0n) is 12.7. The average Bonchev–Trinajstić information content (AvgIpc) is 2.55. The van der Waals surface area contributed by atoms with E-state index in [4.69, 9.17) is 0 Å². The molecule has 2 atom stereocenters. The number of nitrogens with one attached hydrogen (secondary N) is 1. The Morgan fingerprint density at radius 1 is 1.36 bits per heavy atom. The molecule has 0 saturated carbocycles. The van der Waals surface area contributed by atoms with Crippen molar-refractivity contribution < 1.29 is 14.7 Å². The number of aliphatic hydroxyl groups excluding tert-OH is 1. The third-order valence-electron chi connectivity index (χ3n) is 3.77. The number of carbonyl (C=O) groups is 2. The van der Waals surface area contributed by atoms with Crippen LogP contribution in [0.3, 0.4) is 0 Å². The minimum atomic E-state index is -0.723. The van der Waals surface area contributed by atoms with Gasteiger partial charge in [0.15, 0.2) is 0 Å². The van der Waals surface area contributed by atoms with Crippen LogP contribution in [0.15, 0.2) is 30.3 Å². The lowest BCUT2D eigenvalue weighted by Gasteiger charge is -2.36. The fourth-order valence-corrected chi connectivity index (χ4v) is 2.91. The lowest BCUT2D eigenvalue weighted by Crippen LogP contribution is -2.55. The molecule has 6 heteroatoms. The van der Waals surface area contributed by atoms with Crippen LogP contribution >= 0.6 is 11.8 Å². The summed E-state index contributed by atoms with van der Waals surface area (Å²) >= 11 is 1.62. The monoisotopic (exact) mass is 322 g/mol. The van der Waals surface area contributed by atoms with Crippen LogP contribution in [0, 0.1) is 0 Å².